The van der Waals surface area contributed by atoms with Gasteiger partial charge in [0.15, 0.2) is 0 Å². The molecule has 0 aliphatic carbocycles. The van der Waals surface area contributed by atoms with E-state index in [0.29, 0.717) is 12.2 Å². The van der Waals surface area contributed by atoms with Gasteiger partial charge in [0.1, 0.15) is 5.69 Å². The smallest absolute Gasteiger partial charge is 0.300 e. The highest BCUT2D eigenvalue weighted by Gasteiger charge is 2.15. The number of aromatic amines is 1. The zero-order valence-electron chi connectivity index (χ0n) is 18.9. The van der Waals surface area contributed by atoms with Crippen molar-refractivity contribution in [1.82, 2.24) is 14.5 Å². The molecule has 172 valence electrons. The van der Waals surface area contributed by atoms with Gasteiger partial charge in [-0.25, -0.2) is 4.98 Å². The Morgan fingerprint density at radius 3 is 2.47 bits per heavy atom. The number of nitrogens with one attached hydrogen (secondary N) is 1. The Hall–Kier alpha value is -4.23. The van der Waals surface area contributed by atoms with Gasteiger partial charge in [0, 0.05) is 36.1 Å². The number of carboxylic acids is 1. The molecule has 7 nitrogen and oxygen atoms in total. The number of benzene rings is 3. The van der Waals surface area contributed by atoms with Gasteiger partial charge in [-0.1, -0.05) is 54.6 Å². The van der Waals surface area contributed by atoms with Crippen LogP contribution in [-0.2, 0) is 11.3 Å². The number of H-pyrrole nitrogens is 1. The summed E-state index contributed by atoms with van der Waals surface area (Å²) in [5, 5.41) is 8.44. The van der Waals surface area contributed by atoms with Gasteiger partial charge >= 0.3 is 0 Å². The second kappa shape index (κ2) is 10.1. The molecule has 34 heavy (non-hydrogen) atoms. The number of aryl methyl sites for hydroxylation is 1. The zero-order chi connectivity index (χ0) is 24.1. The summed E-state index contributed by atoms with van der Waals surface area (Å²) < 4.78 is 2.15. The molecule has 0 fully saturated rings. The van der Waals surface area contributed by atoms with Gasteiger partial charge in [0.2, 0.25) is 0 Å². The second-order valence-electron chi connectivity index (χ2n) is 7.93. The van der Waals surface area contributed by atoms with Crippen LogP contribution in [0, 0.1) is 0 Å². The van der Waals surface area contributed by atoms with Gasteiger partial charge in [-0.3, -0.25) is 9.59 Å². The molecule has 5 rings (SSSR count). The summed E-state index contributed by atoms with van der Waals surface area (Å²) in [5.74, 6) is -0.833. The number of nitrogens with two attached hydrogens (primary N) is 1. The Morgan fingerprint density at radius 1 is 1.03 bits per heavy atom. The summed E-state index contributed by atoms with van der Waals surface area (Å²) in [6.45, 7) is 2.52. The van der Waals surface area contributed by atoms with Gasteiger partial charge < -0.3 is 20.4 Å². The molecule has 0 aliphatic heterocycles. The zero-order valence-corrected chi connectivity index (χ0v) is 18.9. The molecular formula is C27H26N4O3. The molecule has 0 spiro atoms. The first-order valence-electron chi connectivity index (χ1n) is 11.1. The van der Waals surface area contributed by atoms with Crippen molar-refractivity contribution < 1.29 is 9.90 Å². The van der Waals surface area contributed by atoms with E-state index in [9.17, 15) is 4.79 Å². The highest BCUT2D eigenvalue weighted by Crippen LogP contribution is 2.29. The van der Waals surface area contributed by atoms with Crippen molar-refractivity contribution in [3.8, 4) is 22.4 Å². The first-order chi connectivity index (χ1) is 16.5. The lowest BCUT2D eigenvalue weighted by atomic mass is 10.0. The van der Waals surface area contributed by atoms with E-state index in [-0.39, 0.29) is 5.56 Å². The first-order valence-corrected chi connectivity index (χ1v) is 11.1. The minimum Gasteiger partial charge on any atom is -0.481 e. The maximum Gasteiger partial charge on any atom is 0.300 e. The number of nitrogens with zero attached hydrogens (tertiary/aromatic N) is 2. The summed E-state index contributed by atoms with van der Waals surface area (Å²) in [6, 6.07) is 24.2. The fraction of sp³-hybridized carbons (Fsp3) is 0.148. The van der Waals surface area contributed by atoms with Crippen molar-refractivity contribution in [1.29, 1.82) is 0 Å². The maximum absolute atomic E-state index is 13.0. The van der Waals surface area contributed by atoms with Crippen molar-refractivity contribution in [3.63, 3.8) is 0 Å². The molecule has 7 heteroatoms. The van der Waals surface area contributed by atoms with Crippen molar-refractivity contribution in [2.75, 3.05) is 6.54 Å². The van der Waals surface area contributed by atoms with Crippen LogP contribution in [0.3, 0.4) is 0 Å². The second-order valence-corrected chi connectivity index (χ2v) is 7.93. The quantitative estimate of drug-likeness (QED) is 0.358. The Kier molecular flexibility index (Phi) is 6.85. The van der Waals surface area contributed by atoms with Gasteiger partial charge in [0.05, 0.1) is 11.0 Å². The summed E-state index contributed by atoms with van der Waals surface area (Å²) in [5.41, 5.74) is 11.5. The molecule has 3 aromatic carbocycles. The van der Waals surface area contributed by atoms with E-state index in [2.05, 4.69) is 27.8 Å². The van der Waals surface area contributed by atoms with Gasteiger partial charge in [-0.2, -0.15) is 0 Å². The molecule has 0 aliphatic rings. The Labute approximate surface area is 196 Å². The average molecular weight is 455 g/mol. The molecule has 2 heterocycles. The third-order valence-corrected chi connectivity index (χ3v) is 5.45. The Balaban J connectivity index is 0.000000636. The molecule has 5 aromatic rings. The van der Waals surface area contributed by atoms with Crippen LogP contribution in [0.1, 0.15) is 13.3 Å². The van der Waals surface area contributed by atoms with E-state index in [1.54, 1.807) is 0 Å². The first kappa shape index (κ1) is 22.9. The van der Waals surface area contributed by atoms with Gasteiger partial charge in [-0.15, -0.1) is 0 Å². The molecule has 0 unspecified atom stereocenters. The van der Waals surface area contributed by atoms with Crippen LogP contribution in [0.4, 0.5) is 0 Å². The highest BCUT2D eigenvalue weighted by molar-refractivity contribution is 5.96. The number of hydrogen-bond acceptors (Lipinski definition) is 4. The van der Waals surface area contributed by atoms with Crippen LogP contribution in [0.15, 0.2) is 83.8 Å². The van der Waals surface area contributed by atoms with Crippen LogP contribution in [-0.4, -0.2) is 32.2 Å². The predicted octanol–water partition coefficient (Wildman–Crippen LogP) is 4.65. The molecule has 4 N–H and O–H groups in total. The fourth-order valence-electron chi connectivity index (χ4n) is 3.96. The predicted molar refractivity (Wildman–Crippen MR) is 136 cm³/mol. The standard InChI is InChI=1S/C25H22N4O.C2H4O2/c26-13-6-14-29-16-20(19-9-4-5-10-23(19)29)24-25(30)28-22-15-18(11-12-21(22)27-24)17-7-2-1-3-8-17;1-2(3)4/h1-5,7-12,15-16H,6,13-14,26H2,(H,28,30);1H3,(H,3,4). The summed E-state index contributed by atoms with van der Waals surface area (Å²) in [6.07, 6.45) is 2.89. The molecule has 0 radical (unpaired) electrons. The van der Waals surface area contributed by atoms with Crippen molar-refractivity contribution in [3.05, 3.63) is 89.3 Å². The molecule has 0 saturated carbocycles. The number of fused-ring (bicyclic) bond motifs is 2. The molecule has 2 aromatic heterocycles. The molecule has 0 atom stereocenters. The minimum atomic E-state index is -0.833. The number of carboxylic acid groups (broad SMARTS) is 1. The molecule has 0 amide bonds. The lowest BCUT2D eigenvalue weighted by Gasteiger charge is -2.05. The van der Waals surface area contributed by atoms with Crippen molar-refractivity contribution >= 4 is 27.9 Å². The largest absolute Gasteiger partial charge is 0.481 e. The van der Waals surface area contributed by atoms with Crippen LogP contribution in [0.5, 0.6) is 0 Å². The number of aliphatic carboxylic acids is 1. The SMILES string of the molecule is CC(=O)O.NCCCn1cc(-c2nc3ccc(-c4ccccc4)cc3[nH]c2=O)c2ccccc21. The summed E-state index contributed by atoms with van der Waals surface area (Å²) >= 11 is 0. The lowest BCUT2D eigenvalue weighted by Crippen LogP contribution is -2.11. The van der Waals surface area contributed by atoms with Crippen LogP contribution in [0.25, 0.3) is 44.3 Å². The van der Waals surface area contributed by atoms with Gasteiger partial charge in [0.25, 0.3) is 11.5 Å². The minimum absolute atomic E-state index is 0.186. The molecule has 0 saturated heterocycles. The van der Waals surface area contributed by atoms with E-state index >= 15 is 0 Å². The van der Waals surface area contributed by atoms with Crippen molar-refractivity contribution in [2.24, 2.45) is 5.73 Å². The summed E-state index contributed by atoms with van der Waals surface area (Å²) in [7, 11) is 0. The normalized spacial score (nSPS) is 10.8. The van der Waals surface area contributed by atoms with E-state index in [1.165, 1.54) is 0 Å². The number of rotatable bonds is 5. The van der Waals surface area contributed by atoms with Crippen LogP contribution < -0.4 is 11.3 Å². The third kappa shape index (κ3) is 4.89. The van der Waals surface area contributed by atoms with E-state index < -0.39 is 5.97 Å². The monoisotopic (exact) mass is 454 g/mol. The fourth-order valence-corrected chi connectivity index (χ4v) is 3.96. The maximum atomic E-state index is 13.0. The third-order valence-electron chi connectivity index (χ3n) is 5.45. The highest BCUT2D eigenvalue weighted by atomic mass is 16.4. The van der Waals surface area contributed by atoms with E-state index in [0.717, 1.165) is 58.5 Å². The van der Waals surface area contributed by atoms with E-state index in [4.69, 9.17) is 20.6 Å². The topological polar surface area (TPSA) is 114 Å². The molecular weight excluding hydrogens is 428 g/mol. The van der Waals surface area contributed by atoms with Crippen LogP contribution >= 0.6 is 0 Å². The number of carbonyl (C=O) groups is 1. The number of hydrogen-bond donors (Lipinski definition) is 3. The molecule has 0 bridgehead atoms. The lowest BCUT2D eigenvalue weighted by molar-refractivity contribution is -0.134. The summed E-state index contributed by atoms with van der Waals surface area (Å²) in [4.78, 5) is 29.8. The number of para-hydroxylation sites is 1. The van der Waals surface area contributed by atoms with Gasteiger partial charge in [-0.05, 0) is 42.3 Å². The Bertz CT molecular complexity index is 1500. The van der Waals surface area contributed by atoms with Crippen LogP contribution in [0.2, 0.25) is 0 Å². The Morgan fingerprint density at radius 2 is 1.74 bits per heavy atom. The number of aromatic nitrogens is 3. The van der Waals surface area contributed by atoms with Crippen molar-refractivity contribution in [2.45, 2.75) is 19.9 Å². The van der Waals surface area contributed by atoms with E-state index in [1.807, 2.05) is 60.8 Å². The average Bonchev–Trinajstić information content (AvgIpc) is 3.20.